The molecule has 0 N–H and O–H groups in total. The van der Waals surface area contributed by atoms with Gasteiger partial charge in [0.15, 0.2) is 5.78 Å². The normalized spacial score (nSPS) is 19.0. The van der Waals surface area contributed by atoms with Crippen LogP contribution >= 0.6 is 0 Å². The van der Waals surface area contributed by atoms with Gasteiger partial charge in [-0.15, -0.1) is 0 Å². The molecule has 1 aromatic rings. The maximum Gasteiger partial charge on any atom is 0.158 e. The van der Waals surface area contributed by atoms with Crippen molar-refractivity contribution < 1.29 is 4.79 Å². The smallest absolute Gasteiger partial charge is 0.158 e. The Kier molecular flexibility index (Phi) is 3.78. The Morgan fingerprint density at radius 3 is 2.65 bits per heavy atom. The van der Waals surface area contributed by atoms with Crippen molar-refractivity contribution >= 4 is 11.9 Å². The highest BCUT2D eigenvalue weighted by Gasteiger charge is 2.14. The lowest BCUT2D eigenvalue weighted by molar-refractivity contribution is -0.116. The summed E-state index contributed by atoms with van der Waals surface area (Å²) < 4.78 is 0. The molecule has 0 spiro atoms. The van der Waals surface area contributed by atoms with Crippen LogP contribution in [0, 0.1) is 0 Å². The van der Waals surface area contributed by atoms with E-state index in [2.05, 4.69) is 44.2 Å². The number of hydrogen-bond acceptors (Lipinski definition) is 1. The van der Waals surface area contributed by atoms with E-state index in [-0.39, 0.29) is 0 Å². The predicted molar refractivity (Wildman–Crippen MR) is 72.0 cm³/mol. The first-order valence-electron chi connectivity index (χ1n) is 6.50. The molecule has 0 saturated heterocycles. The molecule has 1 aromatic carbocycles. The molecule has 2 rings (SSSR count). The van der Waals surface area contributed by atoms with Crippen LogP contribution in [0.2, 0.25) is 0 Å². The van der Waals surface area contributed by atoms with E-state index >= 15 is 0 Å². The van der Waals surface area contributed by atoms with E-state index in [1.165, 1.54) is 11.1 Å². The average Bonchev–Trinajstić information content (AvgIpc) is 2.32. The molecule has 1 aliphatic rings. The summed E-state index contributed by atoms with van der Waals surface area (Å²) in [5.41, 5.74) is 3.52. The van der Waals surface area contributed by atoms with Crippen molar-refractivity contribution in [2.24, 2.45) is 0 Å². The molecule has 0 aliphatic heterocycles. The van der Waals surface area contributed by atoms with Crippen LogP contribution in [0.15, 0.2) is 29.8 Å². The van der Waals surface area contributed by atoms with Gasteiger partial charge in [0.25, 0.3) is 0 Å². The van der Waals surface area contributed by atoms with Crippen LogP contribution in [0.5, 0.6) is 0 Å². The quantitative estimate of drug-likeness (QED) is 0.688. The largest absolute Gasteiger partial charge is 0.295 e. The number of Topliss-reactive ketones (excluding diaryl/α,β-unsaturated/α-hetero) is 1. The van der Waals surface area contributed by atoms with Crippen molar-refractivity contribution in [1.82, 2.24) is 0 Å². The molecular formula is C16H20O. The van der Waals surface area contributed by atoms with Crippen LogP contribution in [-0.2, 0) is 4.79 Å². The fourth-order valence-electron chi connectivity index (χ4n) is 2.26. The third-order valence-electron chi connectivity index (χ3n) is 3.38. The zero-order chi connectivity index (χ0) is 12.3. The van der Waals surface area contributed by atoms with E-state index in [1.54, 1.807) is 0 Å². The van der Waals surface area contributed by atoms with Crippen molar-refractivity contribution in [3.8, 4) is 0 Å². The molecule has 1 fully saturated rings. The summed E-state index contributed by atoms with van der Waals surface area (Å²) >= 11 is 0. The maximum atomic E-state index is 11.7. The number of hydrogen-bond donors (Lipinski definition) is 0. The molecule has 0 radical (unpaired) electrons. The van der Waals surface area contributed by atoms with Gasteiger partial charge in [-0.1, -0.05) is 38.1 Å². The first-order valence-corrected chi connectivity index (χ1v) is 6.50. The number of carbonyl (C=O) groups is 1. The van der Waals surface area contributed by atoms with Crippen LogP contribution in [0.4, 0.5) is 0 Å². The van der Waals surface area contributed by atoms with Crippen LogP contribution in [-0.4, -0.2) is 5.78 Å². The van der Waals surface area contributed by atoms with Gasteiger partial charge in [-0.05, 0) is 48.0 Å². The predicted octanol–water partition coefficient (Wildman–Crippen LogP) is 4.34. The van der Waals surface area contributed by atoms with Gasteiger partial charge in [-0.2, -0.15) is 0 Å². The van der Waals surface area contributed by atoms with Crippen LogP contribution < -0.4 is 0 Å². The maximum absolute atomic E-state index is 11.7. The fourth-order valence-corrected chi connectivity index (χ4v) is 2.26. The summed E-state index contributed by atoms with van der Waals surface area (Å²) in [5.74, 6) is 0.876. The first kappa shape index (κ1) is 12.1. The van der Waals surface area contributed by atoms with Gasteiger partial charge in [-0.3, -0.25) is 4.79 Å². The van der Waals surface area contributed by atoms with Gasteiger partial charge in [0.1, 0.15) is 0 Å². The Hall–Kier alpha value is -1.37. The molecular weight excluding hydrogens is 208 g/mol. The number of benzene rings is 1. The second-order valence-electron chi connectivity index (χ2n) is 5.12. The molecule has 1 heteroatoms. The van der Waals surface area contributed by atoms with Crippen molar-refractivity contribution in [2.75, 3.05) is 0 Å². The number of allylic oxidation sites excluding steroid dienone is 1. The molecule has 0 atom stereocenters. The van der Waals surface area contributed by atoms with Crippen molar-refractivity contribution in [3.05, 3.63) is 41.0 Å². The molecule has 90 valence electrons. The van der Waals surface area contributed by atoms with E-state index in [9.17, 15) is 4.79 Å². The minimum absolute atomic E-state index is 0.339. The number of ketones is 1. The molecule has 1 nitrogen and oxygen atoms in total. The second-order valence-corrected chi connectivity index (χ2v) is 5.12. The Morgan fingerprint density at radius 2 is 1.94 bits per heavy atom. The van der Waals surface area contributed by atoms with Gasteiger partial charge >= 0.3 is 0 Å². The highest BCUT2D eigenvalue weighted by atomic mass is 16.1. The summed E-state index contributed by atoms with van der Waals surface area (Å²) in [6.07, 6.45) is 5.97. The summed E-state index contributed by atoms with van der Waals surface area (Å²) in [7, 11) is 0. The number of carbonyl (C=O) groups excluding carboxylic acids is 1. The molecule has 0 heterocycles. The van der Waals surface area contributed by atoms with Gasteiger partial charge < -0.3 is 0 Å². The Morgan fingerprint density at radius 1 is 1.18 bits per heavy atom. The topological polar surface area (TPSA) is 17.1 Å². The Bertz CT molecular complexity index is 441. The van der Waals surface area contributed by atoms with Gasteiger partial charge in [0.2, 0.25) is 0 Å². The molecule has 0 bridgehead atoms. The lowest BCUT2D eigenvalue weighted by Gasteiger charge is -2.13. The zero-order valence-electron chi connectivity index (χ0n) is 10.7. The Balaban J connectivity index is 2.25. The monoisotopic (exact) mass is 228 g/mol. The lowest BCUT2D eigenvalue weighted by Crippen LogP contribution is -2.07. The minimum atomic E-state index is 0.339. The van der Waals surface area contributed by atoms with Gasteiger partial charge in [-0.25, -0.2) is 0 Å². The van der Waals surface area contributed by atoms with Crippen LogP contribution in [0.1, 0.15) is 56.6 Å². The number of rotatable bonds is 2. The van der Waals surface area contributed by atoms with E-state index in [4.69, 9.17) is 0 Å². The summed E-state index contributed by atoms with van der Waals surface area (Å²) in [4.78, 5) is 11.7. The van der Waals surface area contributed by atoms with Crippen molar-refractivity contribution in [3.63, 3.8) is 0 Å². The molecule has 1 saturated carbocycles. The lowest BCUT2D eigenvalue weighted by atomic mass is 9.91. The van der Waals surface area contributed by atoms with E-state index in [1.807, 2.05) is 0 Å². The molecule has 17 heavy (non-hydrogen) atoms. The summed E-state index contributed by atoms with van der Waals surface area (Å²) in [6.45, 7) is 4.38. The molecule has 0 unspecified atom stereocenters. The highest BCUT2D eigenvalue weighted by molar-refractivity contribution is 6.00. The minimum Gasteiger partial charge on any atom is -0.295 e. The van der Waals surface area contributed by atoms with Crippen molar-refractivity contribution in [2.45, 2.75) is 45.4 Å². The van der Waals surface area contributed by atoms with E-state index in [0.717, 1.165) is 31.3 Å². The third-order valence-corrected chi connectivity index (χ3v) is 3.38. The second kappa shape index (κ2) is 5.31. The SMILES string of the molecule is CC(C)c1cccc(C=C2CCCCC2=O)c1. The highest BCUT2D eigenvalue weighted by Crippen LogP contribution is 2.23. The summed E-state index contributed by atoms with van der Waals surface area (Å²) in [5, 5.41) is 0. The van der Waals surface area contributed by atoms with Crippen molar-refractivity contribution in [1.29, 1.82) is 0 Å². The fraction of sp³-hybridized carbons (Fsp3) is 0.438. The van der Waals surface area contributed by atoms with E-state index in [0.29, 0.717) is 11.7 Å². The summed E-state index contributed by atoms with van der Waals surface area (Å²) in [6, 6.07) is 8.50. The molecule has 0 aromatic heterocycles. The zero-order valence-corrected chi connectivity index (χ0v) is 10.7. The third kappa shape index (κ3) is 3.06. The van der Waals surface area contributed by atoms with Gasteiger partial charge in [0, 0.05) is 6.42 Å². The Labute approximate surface area is 104 Å². The molecule has 0 amide bonds. The standard InChI is InChI=1S/C16H20O/c1-12(2)14-8-5-6-13(10-14)11-15-7-3-4-9-16(15)17/h5-6,8,10-12H,3-4,7,9H2,1-2H3. The van der Waals surface area contributed by atoms with Gasteiger partial charge in [0.05, 0.1) is 0 Å². The van der Waals surface area contributed by atoms with E-state index < -0.39 is 0 Å². The van der Waals surface area contributed by atoms with Crippen LogP contribution in [0.25, 0.3) is 6.08 Å². The average molecular weight is 228 g/mol. The first-order chi connectivity index (χ1) is 8.16. The van der Waals surface area contributed by atoms with Crippen LogP contribution in [0.3, 0.4) is 0 Å². The molecule has 1 aliphatic carbocycles.